The molecule has 0 aliphatic carbocycles. The molecule has 160 valence electrons. The number of aryl methyl sites for hydroxylation is 2. The number of aromatic nitrogens is 3. The van der Waals surface area contributed by atoms with Gasteiger partial charge in [0.15, 0.2) is 5.82 Å². The standard InChI is InChI=1S/C23H26N6O2/c1-15-17(7-10-20(24)28-15)13-27-22(30)19-9-8-18-14-26-21(23(31)29(18)19)25-12-11-16-5-3-2-4-6-16/h2-7,10,14,19H,8-9,11-13H2,1H3,(H2,24,28)(H,25,26)(H,27,30)/t19-/m1/s1. The van der Waals surface area contributed by atoms with E-state index in [4.69, 9.17) is 5.73 Å². The highest BCUT2D eigenvalue weighted by atomic mass is 16.2. The lowest BCUT2D eigenvalue weighted by atomic mass is 10.1. The van der Waals surface area contributed by atoms with Gasteiger partial charge in [-0.3, -0.25) is 14.2 Å². The minimum absolute atomic E-state index is 0.182. The molecule has 1 aromatic carbocycles. The van der Waals surface area contributed by atoms with Crippen LogP contribution in [0.25, 0.3) is 0 Å². The van der Waals surface area contributed by atoms with E-state index in [1.165, 1.54) is 5.56 Å². The molecule has 0 unspecified atom stereocenters. The zero-order valence-electron chi connectivity index (χ0n) is 17.5. The fraction of sp³-hybridized carbons (Fsp3) is 0.304. The third-order valence-electron chi connectivity index (χ3n) is 5.58. The number of pyridine rings is 1. The van der Waals surface area contributed by atoms with Gasteiger partial charge in [-0.1, -0.05) is 36.4 Å². The highest BCUT2D eigenvalue weighted by Crippen LogP contribution is 2.24. The Morgan fingerprint density at radius 2 is 2.03 bits per heavy atom. The summed E-state index contributed by atoms with van der Waals surface area (Å²) in [6.07, 6.45) is 3.69. The number of nitrogen functional groups attached to an aromatic ring is 1. The van der Waals surface area contributed by atoms with Crippen LogP contribution in [-0.2, 0) is 24.2 Å². The molecule has 0 radical (unpaired) electrons. The lowest BCUT2D eigenvalue weighted by Gasteiger charge is -2.16. The number of fused-ring (bicyclic) bond motifs is 1. The molecule has 8 heteroatoms. The Kier molecular flexibility index (Phi) is 5.97. The molecule has 3 heterocycles. The van der Waals surface area contributed by atoms with Crippen molar-refractivity contribution in [1.29, 1.82) is 0 Å². The van der Waals surface area contributed by atoms with E-state index in [2.05, 4.69) is 20.6 Å². The predicted octanol–water partition coefficient (Wildman–Crippen LogP) is 1.99. The molecule has 0 saturated heterocycles. The van der Waals surface area contributed by atoms with Crippen molar-refractivity contribution in [2.24, 2.45) is 0 Å². The van der Waals surface area contributed by atoms with Crippen molar-refractivity contribution >= 4 is 17.5 Å². The van der Waals surface area contributed by atoms with Crippen LogP contribution in [0.15, 0.2) is 53.5 Å². The maximum Gasteiger partial charge on any atom is 0.294 e. The number of carbonyl (C=O) groups excluding carboxylic acids is 1. The van der Waals surface area contributed by atoms with Gasteiger partial charge >= 0.3 is 0 Å². The van der Waals surface area contributed by atoms with Crippen LogP contribution in [0.3, 0.4) is 0 Å². The van der Waals surface area contributed by atoms with Gasteiger partial charge in [-0.05, 0) is 43.4 Å². The Hall–Kier alpha value is -3.68. The number of amides is 1. The molecule has 2 aromatic heterocycles. The molecule has 1 atom stereocenters. The minimum Gasteiger partial charge on any atom is -0.384 e. The third kappa shape index (κ3) is 4.58. The number of rotatable bonds is 7. The SMILES string of the molecule is Cc1nc(N)ccc1CNC(=O)[C@H]1CCc2cnc(NCCc3ccccc3)c(=O)n21. The summed E-state index contributed by atoms with van der Waals surface area (Å²) in [5.74, 6) is 0.542. The van der Waals surface area contributed by atoms with Crippen LogP contribution in [0.5, 0.6) is 0 Å². The van der Waals surface area contributed by atoms with Gasteiger partial charge in [-0.15, -0.1) is 0 Å². The monoisotopic (exact) mass is 418 g/mol. The zero-order chi connectivity index (χ0) is 21.8. The first-order valence-corrected chi connectivity index (χ1v) is 10.4. The molecule has 8 nitrogen and oxygen atoms in total. The Morgan fingerprint density at radius 3 is 2.81 bits per heavy atom. The molecular formula is C23H26N6O2. The molecule has 1 aliphatic rings. The number of nitrogens with one attached hydrogen (secondary N) is 2. The van der Waals surface area contributed by atoms with Gasteiger partial charge in [0.1, 0.15) is 11.9 Å². The second-order valence-electron chi connectivity index (χ2n) is 7.69. The predicted molar refractivity (Wildman–Crippen MR) is 120 cm³/mol. The summed E-state index contributed by atoms with van der Waals surface area (Å²) < 4.78 is 1.57. The van der Waals surface area contributed by atoms with Crippen LogP contribution in [-0.4, -0.2) is 27.0 Å². The average molecular weight is 419 g/mol. The molecule has 4 N–H and O–H groups in total. The van der Waals surface area contributed by atoms with Gasteiger partial charge in [-0.25, -0.2) is 9.97 Å². The van der Waals surface area contributed by atoms with Crippen molar-refractivity contribution in [1.82, 2.24) is 19.9 Å². The summed E-state index contributed by atoms with van der Waals surface area (Å²) >= 11 is 0. The highest BCUT2D eigenvalue weighted by Gasteiger charge is 2.30. The number of nitrogens with two attached hydrogens (primary N) is 1. The summed E-state index contributed by atoms with van der Waals surface area (Å²) in [6, 6.07) is 13.1. The quantitative estimate of drug-likeness (QED) is 0.541. The van der Waals surface area contributed by atoms with E-state index in [0.29, 0.717) is 31.7 Å². The van der Waals surface area contributed by atoms with Crippen LogP contribution >= 0.6 is 0 Å². The van der Waals surface area contributed by atoms with Crippen LogP contribution in [0, 0.1) is 6.92 Å². The third-order valence-corrected chi connectivity index (χ3v) is 5.58. The van der Waals surface area contributed by atoms with Crippen molar-refractivity contribution in [3.8, 4) is 0 Å². The maximum atomic E-state index is 13.0. The molecule has 0 saturated carbocycles. The minimum atomic E-state index is -0.540. The van der Waals surface area contributed by atoms with E-state index < -0.39 is 6.04 Å². The molecule has 0 spiro atoms. The number of benzene rings is 1. The van der Waals surface area contributed by atoms with Crippen LogP contribution in [0.1, 0.15) is 35.0 Å². The molecule has 3 aromatic rings. The molecule has 4 rings (SSSR count). The van der Waals surface area contributed by atoms with Gasteiger partial charge in [0.2, 0.25) is 5.91 Å². The second kappa shape index (κ2) is 8.99. The van der Waals surface area contributed by atoms with Crippen molar-refractivity contribution in [3.05, 3.63) is 81.5 Å². The van der Waals surface area contributed by atoms with Gasteiger partial charge in [0.25, 0.3) is 5.56 Å². The van der Waals surface area contributed by atoms with E-state index in [9.17, 15) is 9.59 Å². The Labute approximate surface area is 180 Å². The molecule has 1 aliphatic heterocycles. The lowest BCUT2D eigenvalue weighted by molar-refractivity contribution is -0.124. The lowest BCUT2D eigenvalue weighted by Crippen LogP contribution is -2.36. The smallest absolute Gasteiger partial charge is 0.294 e. The fourth-order valence-corrected chi connectivity index (χ4v) is 3.88. The molecule has 31 heavy (non-hydrogen) atoms. The molecular weight excluding hydrogens is 392 g/mol. The van der Waals surface area contributed by atoms with Crippen molar-refractivity contribution in [3.63, 3.8) is 0 Å². The molecule has 0 bridgehead atoms. The van der Waals surface area contributed by atoms with Crippen molar-refractivity contribution < 1.29 is 4.79 Å². The van der Waals surface area contributed by atoms with Gasteiger partial charge in [0, 0.05) is 30.7 Å². The van der Waals surface area contributed by atoms with Crippen LogP contribution in [0.2, 0.25) is 0 Å². The summed E-state index contributed by atoms with van der Waals surface area (Å²) in [7, 11) is 0. The summed E-state index contributed by atoms with van der Waals surface area (Å²) in [5, 5.41) is 6.06. The number of carbonyl (C=O) groups is 1. The number of nitrogens with zero attached hydrogens (tertiary/aromatic N) is 3. The van der Waals surface area contributed by atoms with E-state index in [0.717, 1.165) is 23.4 Å². The van der Waals surface area contributed by atoms with Crippen LogP contribution in [0.4, 0.5) is 11.6 Å². The average Bonchev–Trinajstić information content (AvgIpc) is 3.20. The first-order valence-electron chi connectivity index (χ1n) is 10.4. The zero-order valence-corrected chi connectivity index (χ0v) is 17.5. The van der Waals surface area contributed by atoms with Crippen molar-refractivity contribution in [2.75, 3.05) is 17.6 Å². The molecule has 1 amide bonds. The largest absolute Gasteiger partial charge is 0.384 e. The number of hydrogen-bond donors (Lipinski definition) is 3. The summed E-state index contributed by atoms with van der Waals surface area (Å²) in [5.41, 5.74) is 9.06. The van der Waals surface area contributed by atoms with E-state index in [1.807, 2.05) is 43.3 Å². The van der Waals surface area contributed by atoms with Gasteiger partial charge < -0.3 is 16.4 Å². The normalized spacial score (nSPS) is 14.8. The van der Waals surface area contributed by atoms with E-state index in [-0.39, 0.29) is 17.3 Å². The Morgan fingerprint density at radius 1 is 1.23 bits per heavy atom. The van der Waals surface area contributed by atoms with E-state index >= 15 is 0 Å². The topological polar surface area (TPSA) is 115 Å². The van der Waals surface area contributed by atoms with E-state index in [1.54, 1.807) is 16.8 Å². The Bertz CT molecular complexity index is 1140. The summed E-state index contributed by atoms with van der Waals surface area (Å²) in [6.45, 7) is 2.78. The number of hydrogen-bond acceptors (Lipinski definition) is 6. The van der Waals surface area contributed by atoms with Crippen LogP contribution < -0.4 is 21.9 Å². The highest BCUT2D eigenvalue weighted by molar-refractivity contribution is 5.81. The maximum absolute atomic E-state index is 13.0. The van der Waals surface area contributed by atoms with Gasteiger partial charge in [-0.2, -0.15) is 0 Å². The molecule has 0 fully saturated rings. The fourth-order valence-electron chi connectivity index (χ4n) is 3.88. The first-order chi connectivity index (χ1) is 15.0. The second-order valence-corrected chi connectivity index (χ2v) is 7.69. The Balaban J connectivity index is 1.43. The van der Waals surface area contributed by atoms with Gasteiger partial charge in [0.05, 0.1) is 0 Å². The first kappa shape index (κ1) is 20.6. The summed E-state index contributed by atoms with van der Waals surface area (Å²) in [4.78, 5) is 34.4. The van der Waals surface area contributed by atoms with Crippen molar-refractivity contribution in [2.45, 2.75) is 38.8 Å². The number of anilines is 2.